The van der Waals surface area contributed by atoms with E-state index in [1.807, 2.05) is 52.9 Å². The molecule has 0 saturated carbocycles. The van der Waals surface area contributed by atoms with Crippen molar-refractivity contribution in [2.45, 2.75) is 12.8 Å². The van der Waals surface area contributed by atoms with Crippen molar-refractivity contribution in [3.8, 4) is 10.6 Å². The molecule has 2 aliphatic heterocycles. The number of anilines is 2. The molecule has 2 aliphatic rings. The van der Waals surface area contributed by atoms with E-state index in [-0.39, 0.29) is 5.92 Å². The molecule has 5 rings (SSSR count). The number of hydrogen-bond donors (Lipinski definition) is 0. The molecular weight excluding hydrogens is 408 g/mol. The molecule has 160 valence electrons. The predicted molar refractivity (Wildman–Crippen MR) is 123 cm³/mol. The molecule has 0 unspecified atom stereocenters. The van der Waals surface area contributed by atoms with Gasteiger partial charge >= 0.3 is 0 Å². The van der Waals surface area contributed by atoms with E-state index in [9.17, 15) is 4.79 Å². The van der Waals surface area contributed by atoms with E-state index in [0.29, 0.717) is 5.91 Å². The van der Waals surface area contributed by atoms with Gasteiger partial charge in [-0.05, 0) is 48.6 Å². The van der Waals surface area contributed by atoms with E-state index in [1.165, 1.54) is 0 Å². The van der Waals surface area contributed by atoms with Gasteiger partial charge in [-0.15, -0.1) is 21.5 Å². The van der Waals surface area contributed by atoms with Crippen molar-refractivity contribution in [3.05, 3.63) is 54.0 Å². The van der Waals surface area contributed by atoms with Crippen molar-refractivity contribution in [1.82, 2.24) is 20.1 Å². The van der Waals surface area contributed by atoms with Crippen LogP contribution in [0.2, 0.25) is 0 Å². The van der Waals surface area contributed by atoms with Crippen molar-refractivity contribution in [2.75, 3.05) is 49.1 Å². The van der Waals surface area contributed by atoms with Crippen molar-refractivity contribution >= 4 is 28.9 Å². The van der Waals surface area contributed by atoms with E-state index in [0.717, 1.165) is 74.3 Å². The summed E-state index contributed by atoms with van der Waals surface area (Å²) in [6.45, 7) is 4.91. The maximum absolute atomic E-state index is 13.1. The Morgan fingerprint density at radius 3 is 2.29 bits per heavy atom. The first-order valence-electron chi connectivity index (χ1n) is 10.9. The van der Waals surface area contributed by atoms with Crippen LogP contribution in [0.25, 0.3) is 10.6 Å². The molecule has 31 heavy (non-hydrogen) atoms. The highest BCUT2D eigenvalue weighted by molar-refractivity contribution is 7.13. The number of piperazine rings is 1. The Hall–Kier alpha value is -3.00. The summed E-state index contributed by atoms with van der Waals surface area (Å²) in [7, 11) is 0. The largest absolute Gasteiger partial charge is 0.355 e. The first-order chi connectivity index (χ1) is 15.3. The molecule has 5 heterocycles. The number of carbonyl (C=O) groups excluding carboxylic acids is 1. The van der Waals surface area contributed by atoms with Crippen LogP contribution in [0.15, 0.2) is 54.0 Å². The minimum atomic E-state index is 0.107. The summed E-state index contributed by atoms with van der Waals surface area (Å²) in [6, 6.07) is 14.1. The SMILES string of the molecule is O=C(C1CCN(c2ccc(-c3cccs3)nn2)CC1)N1CCN(c2ccccn2)CC1. The van der Waals surface area contributed by atoms with Crippen LogP contribution in [0, 0.1) is 5.92 Å². The molecule has 2 saturated heterocycles. The summed E-state index contributed by atoms with van der Waals surface area (Å²) >= 11 is 1.67. The van der Waals surface area contributed by atoms with Gasteiger partial charge in [0.1, 0.15) is 11.5 Å². The number of amides is 1. The third-order valence-electron chi connectivity index (χ3n) is 6.16. The average Bonchev–Trinajstić information content (AvgIpc) is 3.40. The van der Waals surface area contributed by atoms with Gasteiger partial charge in [-0.3, -0.25) is 4.79 Å². The summed E-state index contributed by atoms with van der Waals surface area (Å²) in [5, 5.41) is 10.9. The predicted octanol–water partition coefficient (Wildman–Crippen LogP) is 3.17. The second-order valence-electron chi connectivity index (χ2n) is 8.02. The topological polar surface area (TPSA) is 65.5 Å². The Kier molecular flexibility index (Phi) is 5.80. The lowest BCUT2D eigenvalue weighted by Gasteiger charge is -2.39. The summed E-state index contributed by atoms with van der Waals surface area (Å²) in [4.78, 5) is 25.2. The van der Waals surface area contributed by atoms with Gasteiger partial charge < -0.3 is 14.7 Å². The van der Waals surface area contributed by atoms with Crippen molar-refractivity contribution in [2.24, 2.45) is 5.92 Å². The van der Waals surface area contributed by atoms with Crippen LogP contribution in [-0.4, -0.2) is 65.3 Å². The second kappa shape index (κ2) is 9.01. The first kappa shape index (κ1) is 19.9. The van der Waals surface area contributed by atoms with Crippen LogP contribution in [0.5, 0.6) is 0 Å². The van der Waals surface area contributed by atoms with Crippen LogP contribution in [0.1, 0.15) is 12.8 Å². The van der Waals surface area contributed by atoms with Crippen molar-refractivity contribution < 1.29 is 4.79 Å². The lowest BCUT2D eigenvalue weighted by Crippen LogP contribution is -2.52. The van der Waals surface area contributed by atoms with Gasteiger partial charge in [0.05, 0.1) is 4.88 Å². The van der Waals surface area contributed by atoms with Gasteiger partial charge in [0.2, 0.25) is 5.91 Å². The molecule has 0 N–H and O–H groups in total. The maximum Gasteiger partial charge on any atom is 0.225 e. The van der Waals surface area contributed by atoms with Gasteiger partial charge in [-0.1, -0.05) is 12.1 Å². The first-order valence-corrected chi connectivity index (χ1v) is 11.7. The normalized spacial score (nSPS) is 17.7. The lowest BCUT2D eigenvalue weighted by molar-refractivity contribution is -0.136. The fourth-order valence-corrected chi connectivity index (χ4v) is 5.05. The van der Waals surface area contributed by atoms with Crippen LogP contribution in [0.4, 0.5) is 11.6 Å². The number of hydrogen-bond acceptors (Lipinski definition) is 7. The van der Waals surface area contributed by atoms with E-state index < -0.39 is 0 Å². The average molecular weight is 435 g/mol. The van der Waals surface area contributed by atoms with Gasteiger partial charge in [0.25, 0.3) is 0 Å². The van der Waals surface area contributed by atoms with E-state index in [1.54, 1.807) is 11.3 Å². The molecule has 1 amide bonds. The van der Waals surface area contributed by atoms with E-state index >= 15 is 0 Å². The Morgan fingerprint density at radius 1 is 0.839 bits per heavy atom. The summed E-state index contributed by atoms with van der Waals surface area (Å²) in [5.41, 5.74) is 0.911. The lowest BCUT2D eigenvalue weighted by atomic mass is 9.95. The monoisotopic (exact) mass is 434 g/mol. The summed E-state index contributed by atoms with van der Waals surface area (Å²) < 4.78 is 0. The Balaban J connectivity index is 1.12. The van der Waals surface area contributed by atoms with Crippen LogP contribution in [0.3, 0.4) is 0 Å². The van der Waals surface area contributed by atoms with E-state index in [4.69, 9.17) is 0 Å². The zero-order valence-electron chi connectivity index (χ0n) is 17.4. The van der Waals surface area contributed by atoms with Crippen LogP contribution >= 0.6 is 11.3 Å². The van der Waals surface area contributed by atoms with Gasteiger partial charge in [-0.25, -0.2) is 4.98 Å². The zero-order chi connectivity index (χ0) is 21.0. The fraction of sp³-hybridized carbons (Fsp3) is 0.391. The minimum absolute atomic E-state index is 0.107. The number of rotatable bonds is 4. The number of nitrogens with zero attached hydrogens (tertiary/aromatic N) is 6. The quantitative estimate of drug-likeness (QED) is 0.629. The Bertz CT molecular complexity index is 979. The van der Waals surface area contributed by atoms with Crippen LogP contribution in [-0.2, 0) is 4.79 Å². The zero-order valence-corrected chi connectivity index (χ0v) is 18.2. The molecule has 3 aromatic heterocycles. The third-order valence-corrected chi connectivity index (χ3v) is 7.05. The van der Waals surface area contributed by atoms with Crippen molar-refractivity contribution in [1.29, 1.82) is 0 Å². The Morgan fingerprint density at radius 2 is 1.65 bits per heavy atom. The molecule has 0 spiro atoms. The second-order valence-corrected chi connectivity index (χ2v) is 8.96. The molecule has 0 bridgehead atoms. The molecule has 0 aromatic carbocycles. The summed E-state index contributed by atoms with van der Waals surface area (Å²) in [6.07, 6.45) is 3.56. The molecule has 7 nitrogen and oxygen atoms in total. The molecule has 0 radical (unpaired) electrons. The number of carbonyl (C=O) groups is 1. The van der Waals surface area contributed by atoms with Gasteiger partial charge in [-0.2, -0.15) is 0 Å². The molecule has 0 atom stereocenters. The molecule has 2 fully saturated rings. The van der Waals surface area contributed by atoms with Gasteiger partial charge in [0.15, 0.2) is 5.82 Å². The Labute approximate surface area is 186 Å². The highest BCUT2D eigenvalue weighted by atomic mass is 32.1. The maximum atomic E-state index is 13.1. The molecule has 8 heteroatoms. The molecule has 3 aromatic rings. The molecular formula is C23H26N6OS. The summed E-state index contributed by atoms with van der Waals surface area (Å²) in [5.74, 6) is 2.31. The highest BCUT2D eigenvalue weighted by Gasteiger charge is 2.31. The number of aromatic nitrogens is 3. The number of piperidine rings is 1. The number of thiophene rings is 1. The molecule has 0 aliphatic carbocycles. The fourth-order valence-electron chi connectivity index (χ4n) is 4.36. The highest BCUT2D eigenvalue weighted by Crippen LogP contribution is 2.26. The smallest absolute Gasteiger partial charge is 0.225 e. The van der Waals surface area contributed by atoms with Crippen molar-refractivity contribution in [3.63, 3.8) is 0 Å². The third kappa shape index (κ3) is 4.39. The minimum Gasteiger partial charge on any atom is -0.355 e. The standard InChI is InChI=1S/C23H26N6OS/c30-23(29-15-13-28(14-16-29)21-5-1-2-10-24-21)18-8-11-27(12-9-18)22-7-6-19(25-26-22)20-4-3-17-31-20/h1-7,10,17-18H,8-9,11-16H2. The van der Waals surface area contributed by atoms with Crippen LogP contribution < -0.4 is 9.80 Å². The van der Waals surface area contributed by atoms with Gasteiger partial charge in [0, 0.05) is 51.4 Å². The van der Waals surface area contributed by atoms with E-state index in [2.05, 4.69) is 31.0 Å². The number of pyridine rings is 1.